The zero-order valence-corrected chi connectivity index (χ0v) is 11.3. The van der Waals surface area contributed by atoms with E-state index >= 15 is 0 Å². The summed E-state index contributed by atoms with van der Waals surface area (Å²) in [4.78, 5) is 15.8. The Morgan fingerprint density at radius 2 is 2.56 bits per heavy atom. The molecule has 0 spiro atoms. The van der Waals surface area contributed by atoms with Gasteiger partial charge in [-0.1, -0.05) is 18.7 Å². The molecule has 0 bridgehead atoms. The fourth-order valence-electron chi connectivity index (χ4n) is 1.71. The molecule has 1 atom stereocenters. The molecule has 2 N–H and O–H groups in total. The Morgan fingerprint density at radius 3 is 3.28 bits per heavy atom. The Morgan fingerprint density at radius 1 is 1.67 bits per heavy atom. The van der Waals surface area contributed by atoms with Gasteiger partial charge in [-0.25, -0.2) is 4.98 Å². The van der Waals surface area contributed by atoms with Crippen molar-refractivity contribution in [2.45, 2.75) is 37.4 Å². The van der Waals surface area contributed by atoms with Crippen molar-refractivity contribution < 1.29 is 9.53 Å². The van der Waals surface area contributed by atoms with Crippen molar-refractivity contribution in [1.29, 1.82) is 0 Å². The van der Waals surface area contributed by atoms with Crippen LogP contribution in [0.2, 0.25) is 0 Å². The largest absolute Gasteiger partial charge is 0.370 e. The second-order valence-electron chi connectivity index (χ2n) is 4.14. The molecule has 100 valence electrons. The number of nitrogens with zero attached hydrogens (tertiary/aromatic N) is 2. The number of carbonyl (C=O) groups is 1. The number of rotatable bonds is 6. The molecule has 18 heavy (non-hydrogen) atoms. The highest BCUT2D eigenvalue weighted by atomic mass is 32.2. The number of aromatic amines is 1. The van der Waals surface area contributed by atoms with Crippen LogP contribution in [0.15, 0.2) is 5.16 Å². The molecule has 0 saturated carbocycles. The Labute approximate surface area is 110 Å². The average molecular weight is 270 g/mol. The lowest BCUT2D eigenvalue weighted by Gasteiger charge is -2.03. The summed E-state index contributed by atoms with van der Waals surface area (Å²) in [6.07, 6.45) is 3.03. The maximum atomic E-state index is 11.4. The van der Waals surface area contributed by atoms with E-state index in [0.29, 0.717) is 17.5 Å². The standard InChI is InChI=1S/C11H18N4O2S/c1-2-5-12-9(16)7-18-11-13-10(14-15-11)8-4-3-6-17-8/h8H,2-7H2,1H3,(H,12,16)(H,13,14,15)/t8-/m0/s1. The van der Waals surface area contributed by atoms with E-state index in [2.05, 4.69) is 20.5 Å². The van der Waals surface area contributed by atoms with E-state index in [1.165, 1.54) is 11.8 Å². The molecule has 2 heterocycles. The summed E-state index contributed by atoms with van der Waals surface area (Å²) in [7, 11) is 0. The van der Waals surface area contributed by atoms with Gasteiger partial charge >= 0.3 is 0 Å². The minimum Gasteiger partial charge on any atom is -0.370 e. The third-order valence-electron chi connectivity index (χ3n) is 2.62. The number of ether oxygens (including phenoxy) is 1. The minimum atomic E-state index is 0.0188. The molecule has 0 radical (unpaired) electrons. The van der Waals surface area contributed by atoms with Crippen LogP contribution in [0.3, 0.4) is 0 Å². The second kappa shape index (κ2) is 6.75. The zero-order chi connectivity index (χ0) is 12.8. The van der Waals surface area contributed by atoms with E-state index in [-0.39, 0.29) is 12.0 Å². The molecule has 1 amide bonds. The van der Waals surface area contributed by atoms with Crippen LogP contribution in [-0.4, -0.2) is 40.0 Å². The maximum Gasteiger partial charge on any atom is 0.230 e. The van der Waals surface area contributed by atoms with Gasteiger partial charge in [-0.3, -0.25) is 9.89 Å². The molecule has 7 heteroatoms. The van der Waals surface area contributed by atoms with Gasteiger partial charge in [0.15, 0.2) is 5.82 Å². The van der Waals surface area contributed by atoms with Crippen LogP contribution in [0.25, 0.3) is 0 Å². The van der Waals surface area contributed by atoms with E-state index in [9.17, 15) is 4.79 Å². The van der Waals surface area contributed by atoms with E-state index < -0.39 is 0 Å². The average Bonchev–Trinajstić information content (AvgIpc) is 3.03. The van der Waals surface area contributed by atoms with Gasteiger partial charge in [0.2, 0.25) is 11.1 Å². The monoisotopic (exact) mass is 270 g/mol. The van der Waals surface area contributed by atoms with Crippen molar-refractivity contribution in [2.24, 2.45) is 0 Å². The van der Waals surface area contributed by atoms with Gasteiger partial charge in [-0.2, -0.15) is 0 Å². The first-order valence-electron chi connectivity index (χ1n) is 6.23. The first kappa shape index (κ1) is 13.4. The van der Waals surface area contributed by atoms with Crippen molar-refractivity contribution in [3.05, 3.63) is 5.82 Å². The van der Waals surface area contributed by atoms with E-state index in [1.807, 2.05) is 6.92 Å². The lowest BCUT2D eigenvalue weighted by molar-refractivity contribution is -0.118. The third-order valence-corrected chi connectivity index (χ3v) is 3.47. The summed E-state index contributed by atoms with van der Waals surface area (Å²) in [6, 6.07) is 0. The first-order chi connectivity index (χ1) is 8.79. The molecule has 1 aromatic heterocycles. The summed E-state index contributed by atoms with van der Waals surface area (Å²) in [5, 5.41) is 10.4. The third kappa shape index (κ3) is 3.71. The molecule has 0 aromatic carbocycles. The van der Waals surface area contributed by atoms with Crippen LogP contribution in [-0.2, 0) is 9.53 Å². The van der Waals surface area contributed by atoms with Crippen LogP contribution in [0.5, 0.6) is 0 Å². The van der Waals surface area contributed by atoms with Crippen LogP contribution in [0, 0.1) is 0 Å². The second-order valence-corrected chi connectivity index (χ2v) is 5.09. The fourth-order valence-corrected chi connectivity index (χ4v) is 2.34. The number of aromatic nitrogens is 3. The van der Waals surface area contributed by atoms with Crippen molar-refractivity contribution in [1.82, 2.24) is 20.5 Å². The zero-order valence-electron chi connectivity index (χ0n) is 10.4. The number of hydrogen-bond acceptors (Lipinski definition) is 5. The highest BCUT2D eigenvalue weighted by Crippen LogP contribution is 2.26. The van der Waals surface area contributed by atoms with E-state index in [1.54, 1.807) is 0 Å². The SMILES string of the molecule is CCCNC(=O)CSc1n[nH]c([C@@H]2CCCO2)n1. The lowest BCUT2D eigenvalue weighted by atomic mass is 10.2. The molecule has 1 aliphatic heterocycles. The van der Waals surface area contributed by atoms with Gasteiger partial charge in [-0.05, 0) is 19.3 Å². The van der Waals surface area contributed by atoms with Gasteiger partial charge in [0.1, 0.15) is 6.10 Å². The molecule has 2 rings (SSSR count). The summed E-state index contributed by atoms with van der Waals surface area (Å²) in [6.45, 7) is 3.53. The molecule has 1 fully saturated rings. The van der Waals surface area contributed by atoms with Crippen molar-refractivity contribution in [3.8, 4) is 0 Å². The normalized spacial score (nSPS) is 19.1. The molecule has 1 saturated heterocycles. The number of thioether (sulfide) groups is 1. The highest BCUT2D eigenvalue weighted by Gasteiger charge is 2.21. The maximum absolute atomic E-state index is 11.4. The number of hydrogen-bond donors (Lipinski definition) is 2. The molecule has 1 aromatic rings. The minimum absolute atomic E-state index is 0.0188. The van der Waals surface area contributed by atoms with Gasteiger partial charge in [-0.15, -0.1) is 5.10 Å². The molecule has 0 unspecified atom stereocenters. The topological polar surface area (TPSA) is 79.9 Å². The first-order valence-corrected chi connectivity index (χ1v) is 7.21. The fraction of sp³-hybridized carbons (Fsp3) is 0.727. The molecular formula is C11H18N4O2S. The van der Waals surface area contributed by atoms with Crippen molar-refractivity contribution in [2.75, 3.05) is 18.9 Å². The molecule has 1 aliphatic rings. The van der Waals surface area contributed by atoms with Crippen LogP contribution in [0.1, 0.15) is 38.1 Å². The number of nitrogens with one attached hydrogen (secondary N) is 2. The van der Waals surface area contributed by atoms with Crippen LogP contribution < -0.4 is 5.32 Å². The van der Waals surface area contributed by atoms with Crippen LogP contribution >= 0.6 is 11.8 Å². The smallest absolute Gasteiger partial charge is 0.230 e. The number of amides is 1. The van der Waals surface area contributed by atoms with Crippen molar-refractivity contribution in [3.63, 3.8) is 0 Å². The highest BCUT2D eigenvalue weighted by molar-refractivity contribution is 7.99. The number of carbonyl (C=O) groups excluding carboxylic acids is 1. The van der Waals surface area contributed by atoms with E-state index in [0.717, 1.165) is 31.7 Å². The lowest BCUT2D eigenvalue weighted by Crippen LogP contribution is -2.25. The quantitative estimate of drug-likeness (QED) is 0.761. The van der Waals surface area contributed by atoms with Crippen molar-refractivity contribution >= 4 is 17.7 Å². The Bertz CT molecular complexity index is 390. The van der Waals surface area contributed by atoms with Crippen LogP contribution in [0.4, 0.5) is 0 Å². The van der Waals surface area contributed by atoms with Gasteiger partial charge in [0.25, 0.3) is 0 Å². The predicted molar refractivity (Wildman–Crippen MR) is 68.3 cm³/mol. The molecule has 0 aliphatic carbocycles. The van der Waals surface area contributed by atoms with Gasteiger partial charge in [0, 0.05) is 13.2 Å². The van der Waals surface area contributed by atoms with Gasteiger partial charge < -0.3 is 10.1 Å². The summed E-state index contributed by atoms with van der Waals surface area (Å²) < 4.78 is 5.51. The summed E-state index contributed by atoms with van der Waals surface area (Å²) >= 11 is 1.34. The predicted octanol–water partition coefficient (Wildman–Crippen LogP) is 1.27. The Balaban J connectivity index is 1.77. The van der Waals surface area contributed by atoms with Gasteiger partial charge in [0.05, 0.1) is 5.75 Å². The van der Waals surface area contributed by atoms with E-state index in [4.69, 9.17) is 4.74 Å². The Kier molecular flexibility index (Phi) is 5.00. The molecule has 6 nitrogen and oxygen atoms in total. The molecular weight excluding hydrogens is 252 g/mol. The summed E-state index contributed by atoms with van der Waals surface area (Å²) in [5.74, 6) is 1.14. The summed E-state index contributed by atoms with van der Waals surface area (Å²) in [5.41, 5.74) is 0. The Hall–Kier alpha value is -1.08. The number of H-pyrrole nitrogens is 1.